The van der Waals surface area contributed by atoms with Crippen molar-refractivity contribution in [1.29, 1.82) is 0 Å². The zero-order valence-electron chi connectivity index (χ0n) is 11.5. The van der Waals surface area contributed by atoms with Crippen LogP contribution >= 0.6 is 11.3 Å². The van der Waals surface area contributed by atoms with Crippen LogP contribution in [0.3, 0.4) is 0 Å². The first-order chi connectivity index (χ1) is 9.22. The number of aromatic nitrogens is 1. The standard InChI is InChI=1S/C16H20N2S/c1-11-12(2)19-16(17-11)15(18-14-8-9-14)10-13-6-4-3-5-7-13/h3-7,14-15,18H,8-10H2,1-2H3. The van der Waals surface area contributed by atoms with E-state index in [0.717, 1.165) is 6.42 Å². The molecule has 1 heterocycles. The van der Waals surface area contributed by atoms with Crippen LogP contribution in [0.15, 0.2) is 30.3 Å². The first kappa shape index (κ1) is 12.8. The summed E-state index contributed by atoms with van der Waals surface area (Å²) < 4.78 is 0. The van der Waals surface area contributed by atoms with E-state index in [1.807, 2.05) is 11.3 Å². The second-order valence-electron chi connectivity index (χ2n) is 5.38. The van der Waals surface area contributed by atoms with Gasteiger partial charge in [-0.1, -0.05) is 30.3 Å². The molecule has 0 radical (unpaired) electrons. The molecule has 1 saturated carbocycles. The number of hydrogen-bond acceptors (Lipinski definition) is 3. The molecule has 1 aromatic carbocycles. The fraction of sp³-hybridized carbons (Fsp3) is 0.438. The minimum Gasteiger partial charge on any atom is -0.305 e. The first-order valence-electron chi connectivity index (χ1n) is 6.96. The highest BCUT2D eigenvalue weighted by Crippen LogP contribution is 2.29. The van der Waals surface area contributed by atoms with Crippen LogP contribution in [0.25, 0.3) is 0 Å². The summed E-state index contributed by atoms with van der Waals surface area (Å²) in [6.07, 6.45) is 3.66. The Balaban J connectivity index is 1.80. The number of nitrogens with zero attached hydrogens (tertiary/aromatic N) is 1. The molecule has 2 nitrogen and oxygen atoms in total. The lowest BCUT2D eigenvalue weighted by Crippen LogP contribution is -2.25. The highest BCUT2D eigenvalue weighted by molar-refractivity contribution is 7.11. The molecule has 0 amide bonds. The van der Waals surface area contributed by atoms with Crippen molar-refractivity contribution < 1.29 is 0 Å². The van der Waals surface area contributed by atoms with E-state index in [4.69, 9.17) is 4.98 Å². The lowest BCUT2D eigenvalue weighted by atomic mass is 10.1. The third-order valence-corrected chi connectivity index (χ3v) is 4.83. The number of hydrogen-bond donors (Lipinski definition) is 1. The molecule has 3 heteroatoms. The van der Waals surface area contributed by atoms with E-state index in [1.54, 1.807) is 0 Å². The lowest BCUT2D eigenvalue weighted by Gasteiger charge is -2.16. The Bertz CT molecular complexity index is 524. The lowest BCUT2D eigenvalue weighted by molar-refractivity contribution is 0.524. The van der Waals surface area contributed by atoms with Crippen molar-refractivity contribution in [3.63, 3.8) is 0 Å². The van der Waals surface area contributed by atoms with Gasteiger partial charge in [-0.15, -0.1) is 11.3 Å². The molecule has 2 aromatic rings. The topological polar surface area (TPSA) is 24.9 Å². The molecule has 1 fully saturated rings. The normalized spacial score (nSPS) is 16.5. The van der Waals surface area contributed by atoms with Gasteiger partial charge in [0.2, 0.25) is 0 Å². The third kappa shape index (κ3) is 3.23. The minimum absolute atomic E-state index is 0.368. The van der Waals surface area contributed by atoms with Gasteiger partial charge in [-0.25, -0.2) is 4.98 Å². The molecule has 0 saturated heterocycles. The van der Waals surface area contributed by atoms with Crippen LogP contribution in [-0.2, 0) is 6.42 Å². The largest absolute Gasteiger partial charge is 0.305 e. The van der Waals surface area contributed by atoms with Crippen LogP contribution in [0, 0.1) is 13.8 Å². The van der Waals surface area contributed by atoms with Crippen molar-refractivity contribution in [2.45, 2.75) is 45.2 Å². The van der Waals surface area contributed by atoms with Gasteiger partial charge in [0.25, 0.3) is 0 Å². The Morgan fingerprint density at radius 1 is 1.26 bits per heavy atom. The van der Waals surface area contributed by atoms with E-state index in [1.165, 1.54) is 34.0 Å². The van der Waals surface area contributed by atoms with Gasteiger partial charge in [0.05, 0.1) is 11.7 Å². The zero-order valence-corrected chi connectivity index (χ0v) is 12.3. The molecule has 1 atom stereocenters. The Morgan fingerprint density at radius 3 is 2.58 bits per heavy atom. The Morgan fingerprint density at radius 2 is 2.00 bits per heavy atom. The Hall–Kier alpha value is -1.19. The van der Waals surface area contributed by atoms with Gasteiger partial charge in [0.1, 0.15) is 5.01 Å². The van der Waals surface area contributed by atoms with E-state index in [2.05, 4.69) is 49.5 Å². The minimum atomic E-state index is 0.368. The van der Waals surface area contributed by atoms with Crippen molar-refractivity contribution in [1.82, 2.24) is 10.3 Å². The number of benzene rings is 1. The van der Waals surface area contributed by atoms with Crippen LogP contribution in [-0.4, -0.2) is 11.0 Å². The number of thiazole rings is 1. The van der Waals surface area contributed by atoms with Crippen molar-refractivity contribution in [3.8, 4) is 0 Å². The average Bonchev–Trinajstić information content (AvgIpc) is 3.16. The first-order valence-corrected chi connectivity index (χ1v) is 7.78. The summed E-state index contributed by atoms with van der Waals surface area (Å²) in [5, 5.41) is 4.99. The van der Waals surface area contributed by atoms with Crippen molar-refractivity contribution in [2.75, 3.05) is 0 Å². The number of aryl methyl sites for hydroxylation is 2. The van der Waals surface area contributed by atoms with Gasteiger partial charge >= 0.3 is 0 Å². The summed E-state index contributed by atoms with van der Waals surface area (Å²) in [7, 11) is 0. The van der Waals surface area contributed by atoms with Gasteiger partial charge < -0.3 is 5.32 Å². The van der Waals surface area contributed by atoms with Gasteiger partial charge in [0, 0.05) is 10.9 Å². The Kier molecular flexibility index (Phi) is 3.67. The van der Waals surface area contributed by atoms with E-state index >= 15 is 0 Å². The highest BCUT2D eigenvalue weighted by atomic mass is 32.1. The van der Waals surface area contributed by atoms with E-state index in [-0.39, 0.29) is 0 Å². The molecular weight excluding hydrogens is 252 g/mol. The predicted molar refractivity (Wildman–Crippen MR) is 80.6 cm³/mol. The second-order valence-corrected chi connectivity index (χ2v) is 6.61. The molecule has 1 aliphatic carbocycles. The van der Waals surface area contributed by atoms with Crippen molar-refractivity contribution >= 4 is 11.3 Å². The van der Waals surface area contributed by atoms with E-state index < -0.39 is 0 Å². The van der Waals surface area contributed by atoms with Crippen molar-refractivity contribution in [2.24, 2.45) is 0 Å². The molecule has 1 aromatic heterocycles. The maximum absolute atomic E-state index is 4.74. The second kappa shape index (κ2) is 5.43. The fourth-order valence-corrected chi connectivity index (χ4v) is 3.23. The van der Waals surface area contributed by atoms with Crippen LogP contribution in [0.1, 0.15) is 40.0 Å². The molecule has 1 aliphatic rings. The van der Waals surface area contributed by atoms with E-state index in [9.17, 15) is 0 Å². The summed E-state index contributed by atoms with van der Waals surface area (Å²) in [6.45, 7) is 4.26. The molecule has 1 N–H and O–H groups in total. The summed E-state index contributed by atoms with van der Waals surface area (Å²) in [4.78, 5) is 6.08. The maximum atomic E-state index is 4.74. The van der Waals surface area contributed by atoms with Gasteiger partial charge in [-0.2, -0.15) is 0 Å². The summed E-state index contributed by atoms with van der Waals surface area (Å²) >= 11 is 1.84. The van der Waals surface area contributed by atoms with E-state index in [0.29, 0.717) is 12.1 Å². The molecule has 100 valence electrons. The molecule has 0 aliphatic heterocycles. The molecule has 3 rings (SSSR count). The quantitative estimate of drug-likeness (QED) is 0.895. The summed E-state index contributed by atoms with van der Waals surface area (Å²) in [5.41, 5.74) is 2.56. The predicted octanol–water partition coefficient (Wildman–Crippen LogP) is 3.80. The molecule has 0 bridgehead atoms. The average molecular weight is 272 g/mol. The smallest absolute Gasteiger partial charge is 0.110 e. The molecule has 1 unspecified atom stereocenters. The van der Waals surface area contributed by atoms with Crippen LogP contribution in [0.2, 0.25) is 0 Å². The number of nitrogens with one attached hydrogen (secondary N) is 1. The molecule has 0 spiro atoms. The Labute approximate surface area is 118 Å². The SMILES string of the molecule is Cc1nc(C(Cc2ccccc2)NC2CC2)sc1C. The van der Waals surface area contributed by atoms with Crippen molar-refractivity contribution in [3.05, 3.63) is 51.5 Å². The van der Waals surface area contributed by atoms with Crippen LogP contribution in [0.4, 0.5) is 0 Å². The monoisotopic (exact) mass is 272 g/mol. The van der Waals surface area contributed by atoms with Crippen LogP contribution in [0.5, 0.6) is 0 Å². The van der Waals surface area contributed by atoms with Gasteiger partial charge in [0.15, 0.2) is 0 Å². The summed E-state index contributed by atoms with van der Waals surface area (Å²) in [5.74, 6) is 0. The summed E-state index contributed by atoms with van der Waals surface area (Å²) in [6, 6.07) is 11.8. The molecule has 19 heavy (non-hydrogen) atoms. The maximum Gasteiger partial charge on any atom is 0.110 e. The van der Waals surface area contributed by atoms with Gasteiger partial charge in [-0.05, 0) is 38.7 Å². The fourth-order valence-electron chi connectivity index (χ4n) is 2.25. The molecular formula is C16H20N2S. The number of rotatable bonds is 5. The third-order valence-electron chi connectivity index (χ3n) is 3.64. The van der Waals surface area contributed by atoms with Crippen LogP contribution < -0.4 is 5.32 Å². The van der Waals surface area contributed by atoms with Gasteiger partial charge in [-0.3, -0.25) is 0 Å². The zero-order chi connectivity index (χ0) is 13.2. The highest BCUT2D eigenvalue weighted by Gasteiger charge is 2.27.